The number of benzene rings is 5. The predicted molar refractivity (Wildman–Crippen MR) is 388 cm³/mol. The maximum absolute atomic E-state index is 12.4. The Hall–Kier alpha value is -5.68. The van der Waals surface area contributed by atoms with E-state index < -0.39 is 50.9 Å². The van der Waals surface area contributed by atoms with E-state index in [1.165, 1.54) is 6.92 Å². The topological polar surface area (TPSA) is 311 Å². The molecule has 5 aromatic rings. The van der Waals surface area contributed by atoms with E-state index in [9.17, 15) is 37.5 Å². The summed E-state index contributed by atoms with van der Waals surface area (Å²) in [5, 5.41) is 44.0. The van der Waals surface area contributed by atoms with Crippen LogP contribution in [0.5, 0.6) is 28.7 Å². The molecule has 0 saturated carbocycles. The monoisotopic (exact) mass is 1420 g/mol. The van der Waals surface area contributed by atoms with Crippen molar-refractivity contribution in [3.63, 3.8) is 0 Å². The van der Waals surface area contributed by atoms with Gasteiger partial charge in [0.1, 0.15) is 79.1 Å². The molecule has 8 N–H and O–H groups in total. The maximum Gasteiger partial charge on any atom is 0.217 e. The van der Waals surface area contributed by atoms with Gasteiger partial charge in [0, 0.05) is 29.4 Å². The number of nitrogens with two attached hydrogens (primary N) is 1. The van der Waals surface area contributed by atoms with Crippen molar-refractivity contribution in [1.29, 1.82) is 0 Å². The van der Waals surface area contributed by atoms with Gasteiger partial charge < -0.3 is 68.9 Å². The molecule has 5 aromatic carbocycles. The average Bonchev–Trinajstić information content (AvgIpc) is 0.957. The number of hydrogen-bond donors (Lipinski definition) is 7. The lowest BCUT2D eigenvalue weighted by Gasteiger charge is -2.32. The zero-order valence-corrected chi connectivity index (χ0v) is 63.5. The summed E-state index contributed by atoms with van der Waals surface area (Å²) in [5.74, 6) is 3.31. The van der Waals surface area contributed by atoms with Crippen LogP contribution in [0, 0.1) is 0 Å². The van der Waals surface area contributed by atoms with Crippen molar-refractivity contribution in [2.75, 3.05) is 59.5 Å². The van der Waals surface area contributed by atoms with E-state index in [1.54, 1.807) is 98.9 Å². The zero-order chi connectivity index (χ0) is 72.7. The fourth-order valence-electron chi connectivity index (χ4n) is 7.25. The Balaban J connectivity index is 0.00000118. The molecule has 25 heteroatoms. The molecule has 1 saturated heterocycles. The first-order valence-corrected chi connectivity index (χ1v) is 37.3. The second kappa shape index (κ2) is 42.3. The molecule has 0 amide bonds. The van der Waals surface area contributed by atoms with E-state index >= 15 is 0 Å². The van der Waals surface area contributed by atoms with Crippen molar-refractivity contribution < 1.29 is 85.3 Å². The number of carbonyl (C=O) groups is 2. The Kier molecular flexibility index (Phi) is 39.8. The Bertz CT molecular complexity index is 3210. The third-order valence-corrected chi connectivity index (χ3v) is 16.6. The van der Waals surface area contributed by atoms with Crippen molar-refractivity contribution in [3.05, 3.63) is 149 Å². The Morgan fingerprint density at radius 3 is 1.45 bits per heavy atom. The molecule has 0 aromatic heterocycles. The Morgan fingerprint density at radius 1 is 0.635 bits per heavy atom. The zero-order valence-electron chi connectivity index (χ0n) is 60.1. The van der Waals surface area contributed by atoms with Crippen LogP contribution >= 0.6 is 12.4 Å². The second-order valence-electron chi connectivity index (χ2n) is 27.9. The number of nitrogens with one attached hydrogen (secondary N) is 1. The molecule has 96 heavy (non-hydrogen) atoms. The van der Waals surface area contributed by atoms with Gasteiger partial charge in [-0.25, -0.2) is 17.3 Å². The fraction of sp³-hybridized carbons (Fsp3) is 0.535. The lowest BCUT2D eigenvalue weighted by atomic mass is 10.1. The Labute approximate surface area is 582 Å². The minimum absolute atomic E-state index is 0. The van der Waals surface area contributed by atoms with Crippen molar-refractivity contribution in [2.24, 2.45) is 10.1 Å². The first kappa shape index (κ1) is 90.3. The summed E-state index contributed by atoms with van der Waals surface area (Å²) in [7, 11) is -6.35. The van der Waals surface area contributed by atoms with Crippen LogP contribution in [0.1, 0.15) is 169 Å². The van der Waals surface area contributed by atoms with Crippen LogP contribution in [0.4, 0.5) is 0 Å². The Morgan fingerprint density at radius 2 is 1.03 bits per heavy atom. The van der Waals surface area contributed by atoms with Crippen molar-refractivity contribution >= 4 is 60.0 Å². The summed E-state index contributed by atoms with van der Waals surface area (Å²) < 4.78 is 86.6. The van der Waals surface area contributed by atoms with E-state index in [0.29, 0.717) is 48.4 Å². The van der Waals surface area contributed by atoms with Gasteiger partial charge in [0.15, 0.2) is 20.4 Å². The maximum atomic E-state index is 12.4. The third kappa shape index (κ3) is 42.2. The molecule has 1 aliphatic heterocycles. The SMILES string of the molecule is CC(=O)COc1cccc(C=O)c1.CC(C)(O)COc1cccc(C2OCCO2)c1.CC(C)(O)COc1cccc(C=NS(=O)C(C)(C)C)c1.CC(N)c1cccc(OCC(C)(C)O)c1.CC(NS(=O)(=O)C(C)(C)C)c1cccc(OCC(C)(C)O[Si](C)(C)C)c1.Cl.OCCO. The molecule has 3 unspecified atom stereocenters. The van der Waals surface area contributed by atoms with Crippen molar-refractivity contribution in [3.8, 4) is 28.7 Å². The highest BCUT2D eigenvalue weighted by molar-refractivity contribution is 7.90. The number of aliphatic hydroxyl groups excluding tert-OH is 2. The van der Waals surface area contributed by atoms with Gasteiger partial charge in [-0.05, 0) is 215 Å². The summed E-state index contributed by atoms with van der Waals surface area (Å²) >= 11 is 0. The molecule has 3 atom stereocenters. The number of ketones is 1. The second-order valence-corrected chi connectivity index (χ2v) is 36.7. The fourth-order valence-corrected chi connectivity index (χ4v) is 10.5. The first-order valence-electron chi connectivity index (χ1n) is 31.3. The van der Waals surface area contributed by atoms with Crippen LogP contribution in [0.2, 0.25) is 19.6 Å². The van der Waals surface area contributed by atoms with Crippen molar-refractivity contribution in [2.45, 2.75) is 188 Å². The largest absolute Gasteiger partial charge is 0.491 e. The van der Waals surface area contributed by atoms with Gasteiger partial charge >= 0.3 is 0 Å². The normalized spacial score (nSPS) is 13.9. The number of hydrogen-bond acceptors (Lipinski definition) is 19. The number of Topliss-reactive ketones (excluding diaryl/α,β-unsaturated/α-hetero) is 1. The number of ether oxygens (including phenoxy) is 7. The summed E-state index contributed by atoms with van der Waals surface area (Å²) in [6.45, 7) is 38.8. The molecular formula is C71H112ClN3O18S2Si. The number of aldehydes is 1. The highest BCUT2D eigenvalue weighted by atomic mass is 35.5. The molecule has 1 fully saturated rings. The molecule has 6 rings (SSSR count). The van der Waals surface area contributed by atoms with Crippen LogP contribution in [0.3, 0.4) is 0 Å². The molecule has 0 radical (unpaired) electrons. The minimum atomic E-state index is -3.42. The van der Waals surface area contributed by atoms with E-state index in [2.05, 4.69) is 28.8 Å². The molecule has 0 spiro atoms. The van der Waals surface area contributed by atoms with Crippen molar-refractivity contribution in [1.82, 2.24) is 4.72 Å². The molecule has 1 heterocycles. The summed E-state index contributed by atoms with van der Waals surface area (Å²) in [4.78, 5) is 21.0. The van der Waals surface area contributed by atoms with Gasteiger partial charge in [-0.15, -0.1) is 12.4 Å². The van der Waals surface area contributed by atoms with E-state index in [1.807, 2.05) is 139 Å². The third-order valence-electron chi connectivity index (χ3n) is 11.8. The van der Waals surface area contributed by atoms with Gasteiger partial charge in [0.05, 0.1) is 58.3 Å². The lowest BCUT2D eigenvalue weighted by Crippen LogP contribution is -2.42. The molecule has 21 nitrogen and oxygen atoms in total. The predicted octanol–water partition coefficient (Wildman–Crippen LogP) is 11.8. The molecule has 0 bridgehead atoms. The number of nitrogens with zero attached hydrogens (tertiary/aromatic N) is 1. The van der Waals surface area contributed by atoms with Crippen LogP contribution < -0.4 is 34.1 Å². The number of rotatable bonds is 26. The summed E-state index contributed by atoms with van der Waals surface area (Å²) in [5.41, 5.74) is 7.05. The number of carbonyl (C=O) groups excluding carboxylic acids is 2. The summed E-state index contributed by atoms with van der Waals surface area (Å²) in [6.07, 6.45) is 2.03. The highest BCUT2D eigenvalue weighted by Crippen LogP contribution is 2.28. The van der Waals surface area contributed by atoms with Gasteiger partial charge in [-0.1, -0.05) is 60.7 Å². The number of aliphatic hydroxyl groups is 5. The lowest BCUT2D eigenvalue weighted by molar-refractivity contribution is -0.118. The molecule has 542 valence electrons. The van der Waals surface area contributed by atoms with Gasteiger partial charge in [0.25, 0.3) is 0 Å². The van der Waals surface area contributed by atoms with Crippen LogP contribution in [-0.4, -0.2) is 156 Å². The number of halogens is 1. The smallest absolute Gasteiger partial charge is 0.217 e. The highest BCUT2D eigenvalue weighted by Gasteiger charge is 2.31. The minimum Gasteiger partial charge on any atom is -0.491 e. The molecule has 1 aliphatic rings. The quantitative estimate of drug-likeness (QED) is 0.0154. The van der Waals surface area contributed by atoms with Gasteiger partial charge in [-0.3, -0.25) is 9.59 Å². The standard InChI is InChI=1S/C19H35NO4SSi.C15H23NO3S.C13H18O4.C12H19NO2.C10H10O3.C2H6O2.ClH/c1-15(20-25(21,22)18(2,3)4)16-11-10-12-17(13-16)23-14-19(5,6)24-26(7,8)9;1-14(2,3)20(18)16-10-12-7-6-8-13(9-12)19-11-15(4,5)17;1-13(2,14)9-17-11-5-3-4-10(8-11)12-15-6-7-16-12;1-9(13)10-5-4-6-11(7-10)15-8-12(2,3)14;1-8(12)7-13-10-4-2-3-9(5-10)6-11;3-1-2-4;/h10-13,15,20H,14H2,1-9H3;6-10,17H,11H2,1-5H3;3-5,8,12,14H,6-7,9H2,1-2H3;4-7,9,14H,8,13H2,1-3H3;2-6H,7H2,1H3;3-4H,1-2H2;1H. The van der Waals surface area contributed by atoms with E-state index in [4.69, 9.17) is 53.5 Å². The summed E-state index contributed by atoms with van der Waals surface area (Å²) in [6, 6.07) is 36.3. The molecule has 0 aliphatic carbocycles. The van der Waals surface area contributed by atoms with E-state index in [0.717, 1.165) is 34.3 Å². The number of sulfonamides is 1. The first-order chi connectivity index (χ1) is 43.7. The van der Waals surface area contributed by atoms with Gasteiger partial charge in [-0.2, -0.15) is 4.40 Å². The molecular weight excluding hydrogens is 1310 g/mol. The van der Waals surface area contributed by atoms with Crippen LogP contribution in [0.25, 0.3) is 0 Å². The van der Waals surface area contributed by atoms with E-state index in [-0.39, 0.29) is 86.6 Å². The van der Waals surface area contributed by atoms with Gasteiger partial charge in [0.2, 0.25) is 10.0 Å². The van der Waals surface area contributed by atoms with Crippen LogP contribution in [-0.2, 0) is 39.7 Å². The van der Waals surface area contributed by atoms with Crippen LogP contribution in [0.15, 0.2) is 126 Å². The average molecular weight is 1420 g/mol.